The SMILES string of the molecule is COC(=O)C(C)(c1ccc(O[Si](C)(C)C(C)(C)C)cc1)C1CCCC1. The van der Waals surface area contributed by atoms with E-state index >= 15 is 0 Å². The monoisotopic (exact) mass is 362 g/mol. The summed E-state index contributed by atoms with van der Waals surface area (Å²) in [4.78, 5) is 12.6. The standard InChI is InChI=1S/C21H34O3Si/c1-20(2,3)25(6,7)24-18-14-12-17(13-15-18)21(4,19(22)23-5)16-10-8-9-11-16/h12-16H,8-11H2,1-7H3. The van der Waals surface area contributed by atoms with Gasteiger partial charge in [0.1, 0.15) is 5.75 Å². The molecule has 0 radical (unpaired) electrons. The van der Waals surface area contributed by atoms with Gasteiger partial charge in [0.05, 0.1) is 12.5 Å². The average molecular weight is 363 g/mol. The molecule has 0 N–H and O–H groups in total. The first-order valence-corrected chi connectivity index (χ1v) is 12.3. The number of methoxy groups -OCH3 is 1. The van der Waals surface area contributed by atoms with E-state index in [2.05, 4.69) is 46.0 Å². The molecule has 25 heavy (non-hydrogen) atoms. The van der Waals surface area contributed by atoms with Crippen LogP contribution < -0.4 is 4.43 Å². The molecule has 1 fully saturated rings. The highest BCUT2D eigenvalue weighted by molar-refractivity contribution is 6.74. The van der Waals surface area contributed by atoms with Crippen molar-refractivity contribution < 1.29 is 14.0 Å². The largest absolute Gasteiger partial charge is 0.544 e. The molecule has 4 heteroatoms. The fourth-order valence-corrected chi connectivity index (χ4v) is 4.58. The van der Waals surface area contributed by atoms with Gasteiger partial charge in [-0.1, -0.05) is 45.7 Å². The van der Waals surface area contributed by atoms with Crippen LogP contribution in [0, 0.1) is 5.92 Å². The third-order valence-electron chi connectivity index (χ3n) is 6.41. The van der Waals surface area contributed by atoms with Crippen molar-refractivity contribution in [2.24, 2.45) is 5.92 Å². The highest BCUT2D eigenvalue weighted by Crippen LogP contribution is 2.44. The molecular weight excluding hydrogens is 328 g/mol. The molecule has 0 heterocycles. The maximum absolute atomic E-state index is 12.6. The average Bonchev–Trinajstić information content (AvgIpc) is 3.07. The summed E-state index contributed by atoms with van der Waals surface area (Å²) >= 11 is 0. The summed E-state index contributed by atoms with van der Waals surface area (Å²) in [5.74, 6) is 1.12. The zero-order valence-electron chi connectivity index (χ0n) is 16.9. The van der Waals surface area contributed by atoms with E-state index in [0.29, 0.717) is 5.92 Å². The molecule has 1 aliphatic carbocycles. The quantitative estimate of drug-likeness (QED) is 0.498. The van der Waals surface area contributed by atoms with Gasteiger partial charge in [0.15, 0.2) is 0 Å². The number of esters is 1. The van der Waals surface area contributed by atoms with Gasteiger partial charge in [-0.15, -0.1) is 0 Å². The van der Waals surface area contributed by atoms with Gasteiger partial charge < -0.3 is 9.16 Å². The highest BCUT2D eigenvalue weighted by Gasteiger charge is 2.45. The zero-order chi connectivity index (χ0) is 18.9. The number of carbonyl (C=O) groups excluding carboxylic acids is 1. The fourth-order valence-electron chi connectivity index (χ4n) is 3.55. The molecule has 1 atom stereocenters. The molecule has 2 rings (SSSR count). The van der Waals surface area contributed by atoms with Crippen LogP contribution in [0.1, 0.15) is 58.9 Å². The first kappa shape index (κ1) is 20.0. The smallest absolute Gasteiger partial charge is 0.316 e. The molecule has 0 amide bonds. The van der Waals surface area contributed by atoms with Crippen LogP contribution in [0.25, 0.3) is 0 Å². The van der Waals surface area contributed by atoms with Crippen LogP contribution in [0.4, 0.5) is 0 Å². The van der Waals surface area contributed by atoms with Crippen LogP contribution in [-0.4, -0.2) is 21.4 Å². The Hall–Kier alpha value is -1.29. The minimum Gasteiger partial charge on any atom is -0.544 e. The highest BCUT2D eigenvalue weighted by atomic mass is 28.4. The molecule has 0 aliphatic heterocycles. The van der Waals surface area contributed by atoms with E-state index in [-0.39, 0.29) is 11.0 Å². The summed E-state index contributed by atoms with van der Waals surface area (Å²) < 4.78 is 11.5. The second kappa shape index (κ2) is 7.14. The second-order valence-electron chi connectivity index (χ2n) is 9.06. The van der Waals surface area contributed by atoms with Crippen molar-refractivity contribution in [3.8, 4) is 5.75 Å². The van der Waals surface area contributed by atoms with Crippen molar-refractivity contribution in [1.29, 1.82) is 0 Å². The van der Waals surface area contributed by atoms with Gasteiger partial charge in [0.2, 0.25) is 8.32 Å². The lowest BCUT2D eigenvalue weighted by Gasteiger charge is -2.37. The minimum absolute atomic E-state index is 0.127. The topological polar surface area (TPSA) is 35.5 Å². The maximum atomic E-state index is 12.6. The molecular formula is C21H34O3Si. The molecule has 0 bridgehead atoms. The summed E-state index contributed by atoms with van der Waals surface area (Å²) in [6.07, 6.45) is 4.58. The van der Waals surface area contributed by atoms with E-state index in [9.17, 15) is 4.79 Å². The van der Waals surface area contributed by atoms with Gasteiger partial charge in [-0.25, -0.2) is 0 Å². The molecule has 1 unspecified atom stereocenters. The summed E-state index contributed by atoms with van der Waals surface area (Å²) in [6, 6.07) is 8.15. The van der Waals surface area contributed by atoms with E-state index in [4.69, 9.17) is 9.16 Å². The number of carbonyl (C=O) groups is 1. The van der Waals surface area contributed by atoms with E-state index in [0.717, 1.165) is 24.2 Å². The lowest BCUT2D eigenvalue weighted by molar-refractivity contribution is -0.149. The number of hydrogen-bond acceptors (Lipinski definition) is 3. The van der Waals surface area contributed by atoms with E-state index in [1.54, 1.807) is 0 Å². The maximum Gasteiger partial charge on any atom is 0.316 e. The van der Waals surface area contributed by atoms with Crippen LogP contribution >= 0.6 is 0 Å². The second-order valence-corrected chi connectivity index (χ2v) is 13.8. The van der Waals surface area contributed by atoms with Crippen LogP contribution in [0.2, 0.25) is 18.1 Å². The summed E-state index contributed by atoms with van der Waals surface area (Å²) in [7, 11) is -0.364. The Balaban J connectivity index is 2.28. The summed E-state index contributed by atoms with van der Waals surface area (Å²) in [5.41, 5.74) is 0.467. The third kappa shape index (κ3) is 3.94. The van der Waals surface area contributed by atoms with Crippen LogP contribution in [0.3, 0.4) is 0 Å². The summed E-state index contributed by atoms with van der Waals surface area (Å²) in [5, 5.41) is 0.163. The van der Waals surface area contributed by atoms with Crippen molar-refractivity contribution in [1.82, 2.24) is 0 Å². The first-order valence-electron chi connectivity index (χ1n) is 9.40. The predicted molar refractivity (Wildman–Crippen MR) is 106 cm³/mol. The normalized spacial score (nSPS) is 18.7. The third-order valence-corrected chi connectivity index (χ3v) is 10.8. The molecule has 1 aromatic rings. The summed E-state index contributed by atoms with van der Waals surface area (Å²) in [6.45, 7) is 13.3. The molecule has 0 saturated heterocycles. The Morgan fingerprint density at radius 2 is 1.56 bits per heavy atom. The zero-order valence-corrected chi connectivity index (χ0v) is 17.9. The van der Waals surface area contributed by atoms with Crippen LogP contribution in [0.5, 0.6) is 5.75 Å². The number of benzene rings is 1. The number of rotatable bonds is 5. The van der Waals surface area contributed by atoms with Crippen molar-refractivity contribution >= 4 is 14.3 Å². The molecule has 1 aliphatic rings. The molecule has 1 saturated carbocycles. The van der Waals surface area contributed by atoms with Crippen LogP contribution in [-0.2, 0) is 14.9 Å². The predicted octanol–water partition coefficient (Wildman–Crippen LogP) is 5.69. The van der Waals surface area contributed by atoms with Crippen molar-refractivity contribution in [2.45, 2.75) is 76.9 Å². The lowest BCUT2D eigenvalue weighted by atomic mass is 9.71. The molecule has 0 spiro atoms. The molecule has 1 aromatic carbocycles. The fraction of sp³-hybridized carbons (Fsp3) is 0.667. The Morgan fingerprint density at radius 1 is 1.04 bits per heavy atom. The van der Waals surface area contributed by atoms with Gasteiger partial charge in [-0.05, 0) is 61.5 Å². The minimum atomic E-state index is -1.85. The van der Waals surface area contributed by atoms with Crippen molar-refractivity contribution in [3.63, 3.8) is 0 Å². The van der Waals surface area contributed by atoms with Gasteiger partial charge in [-0.3, -0.25) is 4.79 Å². The van der Waals surface area contributed by atoms with Crippen LogP contribution in [0.15, 0.2) is 24.3 Å². The number of hydrogen-bond donors (Lipinski definition) is 0. The van der Waals surface area contributed by atoms with E-state index < -0.39 is 13.7 Å². The Morgan fingerprint density at radius 3 is 2.00 bits per heavy atom. The van der Waals surface area contributed by atoms with E-state index in [1.807, 2.05) is 19.1 Å². The van der Waals surface area contributed by atoms with Gasteiger partial charge >= 0.3 is 5.97 Å². The Kier molecular flexibility index (Phi) is 5.72. The Bertz CT molecular complexity index is 595. The van der Waals surface area contributed by atoms with Crippen molar-refractivity contribution in [3.05, 3.63) is 29.8 Å². The first-order chi connectivity index (χ1) is 11.5. The molecule has 0 aromatic heterocycles. The number of ether oxygens (including phenoxy) is 1. The molecule has 3 nitrogen and oxygen atoms in total. The van der Waals surface area contributed by atoms with Gasteiger partial charge in [0, 0.05) is 0 Å². The lowest BCUT2D eigenvalue weighted by Crippen LogP contribution is -2.44. The van der Waals surface area contributed by atoms with E-state index in [1.165, 1.54) is 20.0 Å². The van der Waals surface area contributed by atoms with Gasteiger partial charge in [-0.2, -0.15) is 0 Å². The van der Waals surface area contributed by atoms with Gasteiger partial charge in [0.25, 0.3) is 0 Å². The van der Waals surface area contributed by atoms with Crippen molar-refractivity contribution in [2.75, 3.05) is 7.11 Å². The Labute approximate surface area is 154 Å². The molecule has 140 valence electrons.